The molecule has 0 radical (unpaired) electrons. The summed E-state index contributed by atoms with van der Waals surface area (Å²) in [7, 11) is -3.12. The number of nitrogens with one attached hydrogen (secondary N) is 1. The van der Waals surface area contributed by atoms with Gasteiger partial charge >= 0.3 is 0 Å². The van der Waals surface area contributed by atoms with E-state index in [0.29, 0.717) is 11.1 Å². The van der Waals surface area contributed by atoms with Crippen LogP contribution in [0, 0.1) is 18.6 Å². The number of benzene rings is 2. The number of carbonyl (C=O) groups is 2. The molecule has 0 saturated carbocycles. The number of halogens is 2. The molecule has 1 fully saturated rings. The van der Waals surface area contributed by atoms with Crippen molar-refractivity contribution in [1.82, 2.24) is 10.2 Å². The van der Waals surface area contributed by atoms with Crippen molar-refractivity contribution in [1.29, 1.82) is 0 Å². The Hall–Kier alpha value is -2.81. The molecule has 1 aliphatic rings. The fourth-order valence-corrected chi connectivity index (χ4v) is 4.55. The predicted octanol–water partition coefficient (Wildman–Crippen LogP) is 2.32. The first-order chi connectivity index (χ1) is 14.1. The van der Waals surface area contributed by atoms with Gasteiger partial charge < -0.3 is 10.2 Å². The standard InChI is InChI=1S/C21H22F2N2O4S/c1-13-11-16(22)4-6-17(13)18-5-3-15(12-19(18)23)20(26)24-14(2)21(27)25-7-9-30(28,29)10-8-25/h3-6,11-12,14H,7-10H2,1-2H3,(H,24,26)/t14-/m0/s1. The molecule has 6 nitrogen and oxygen atoms in total. The molecule has 0 aliphatic carbocycles. The number of hydrogen-bond acceptors (Lipinski definition) is 4. The molecule has 1 aliphatic heterocycles. The number of carbonyl (C=O) groups excluding carboxylic acids is 2. The van der Waals surface area contributed by atoms with Crippen molar-refractivity contribution < 1.29 is 26.8 Å². The van der Waals surface area contributed by atoms with Crippen LogP contribution in [-0.2, 0) is 14.6 Å². The Morgan fingerprint density at radius 1 is 1.03 bits per heavy atom. The minimum atomic E-state index is -3.12. The van der Waals surface area contributed by atoms with E-state index in [1.54, 1.807) is 6.92 Å². The average molecular weight is 436 g/mol. The molecular formula is C21H22F2N2O4S. The van der Waals surface area contributed by atoms with Crippen LogP contribution in [0.3, 0.4) is 0 Å². The lowest BCUT2D eigenvalue weighted by Gasteiger charge is -2.29. The molecule has 0 aromatic heterocycles. The summed E-state index contributed by atoms with van der Waals surface area (Å²) in [4.78, 5) is 26.3. The van der Waals surface area contributed by atoms with Gasteiger partial charge in [0.1, 0.15) is 17.7 Å². The first-order valence-corrected chi connectivity index (χ1v) is 11.3. The molecule has 0 spiro atoms. The molecule has 0 unspecified atom stereocenters. The Morgan fingerprint density at radius 3 is 2.27 bits per heavy atom. The maximum absolute atomic E-state index is 14.6. The highest BCUT2D eigenvalue weighted by atomic mass is 32.2. The van der Waals surface area contributed by atoms with Gasteiger partial charge in [-0.25, -0.2) is 17.2 Å². The zero-order valence-corrected chi connectivity index (χ0v) is 17.4. The Bertz CT molecular complexity index is 1090. The Morgan fingerprint density at radius 2 is 1.67 bits per heavy atom. The maximum Gasteiger partial charge on any atom is 0.252 e. The molecule has 3 rings (SSSR count). The summed E-state index contributed by atoms with van der Waals surface area (Å²) in [6, 6.07) is 7.06. The Kier molecular flexibility index (Phi) is 6.21. The Labute approximate surface area is 173 Å². The van der Waals surface area contributed by atoms with Crippen LogP contribution in [0.1, 0.15) is 22.8 Å². The van der Waals surface area contributed by atoms with Gasteiger partial charge in [0.2, 0.25) is 5.91 Å². The fourth-order valence-electron chi connectivity index (χ4n) is 3.35. The smallest absolute Gasteiger partial charge is 0.252 e. The molecule has 1 atom stereocenters. The molecule has 1 saturated heterocycles. The van der Waals surface area contributed by atoms with Crippen LogP contribution in [0.25, 0.3) is 11.1 Å². The number of nitrogens with zero attached hydrogens (tertiary/aromatic N) is 1. The van der Waals surface area contributed by atoms with Gasteiger partial charge in [0.05, 0.1) is 11.5 Å². The van der Waals surface area contributed by atoms with Crippen LogP contribution in [0.2, 0.25) is 0 Å². The monoisotopic (exact) mass is 436 g/mol. The van der Waals surface area contributed by atoms with Crippen LogP contribution >= 0.6 is 0 Å². The van der Waals surface area contributed by atoms with Crippen LogP contribution < -0.4 is 5.32 Å². The minimum absolute atomic E-state index is 0.0388. The van der Waals surface area contributed by atoms with Crippen LogP contribution in [0.15, 0.2) is 36.4 Å². The number of rotatable bonds is 4. The van der Waals surface area contributed by atoms with E-state index in [9.17, 15) is 26.8 Å². The maximum atomic E-state index is 14.6. The van der Waals surface area contributed by atoms with Crippen molar-refractivity contribution in [3.05, 3.63) is 59.2 Å². The van der Waals surface area contributed by atoms with Gasteiger partial charge in [-0.2, -0.15) is 0 Å². The van der Waals surface area contributed by atoms with Crippen molar-refractivity contribution >= 4 is 21.7 Å². The first kappa shape index (κ1) is 21.9. The van der Waals surface area contributed by atoms with E-state index in [2.05, 4.69) is 5.32 Å². The molecule has 2 aromatic carbocycles. The fraction of sp³-hybridized carbons (Fsp3) is 0.333. The lowest BCUT2D eigenvalue weighted by Crippen LogP contribution is -2.51. The van der Waals surface area contributed by atoms with Crippen molar-refractivity contribution in [2.24, 2.45) is 0 Å². The number of amides is 2. The predicted molar refractivity (Wildman–Crippen MR) is 109 cm³/mol. The molecule has 1 heterocycles. The van der Waals surface area contributed by atoms with E-state index in [1.807, 2.05) is 0 Å². The molecule has 2 aromatic rings. The lowest BCUT2D eigenvalue weighted by molar-refractivity contribution is -0.132. The molecular weight excluding hydrogens is 414 g/mol. The molecule has 9 heteroatoms. The lowest BCUT2D eigenvalue weighted by atomic mass is 9.98. The third-order valence-electron chi connectivity index (χ3n) is 5.08. The van der Waals surface area contributed by atoms with Crippen molar-refractivity contribution in [2.45, 2.75) is 19.9 Å². The molecule has 2 amide bonds. The summed E-state index contributed by atoms with van der Waals surface area (Å²) in [6.07, 6.45) is 0. The largest absolute Gasteiger partial charge is 0.341 e. The van der Waals surface area contributed by atoms with Gasteiger partial charge in [0.25, 0.3) is 5.91 Å². The zero-order valence-electron chi connectivity index (χ0n) is 16.6. The topological polar surface area (TPSA) is 83.6 Å². The van der Waals surface area contributed by atoms with E-state index >= 15 is 0 Å². The number of sulfone groups is 1. The summed E-state index contributed by atoms with van der Waals surface area (Å²) in [5, 5.41) is 2.52. The third-order valence-corrected chi connectivity index (χ3v) is 6.69. The second-order valence-electron chi connectivity index (χ2n) is 7.33. The van der Waals surface area contributed by atoms with Crippen molar-refractivity contribution in [3.8, 4) is 11.1 Å². The normalized spacial score (nSPS) is 16.7. The minimum Gasteiger partial charge on any atom is -0.341 e. The summed E-state index contributed by atoms with van der Waals surface area (Å²) in [6.45, 7) is 3.33. The van der Waals surface area contributed by atoms with E-state index in [0.717, 1.165) is 6.07 Å². The summed E-state index contributed by atoms with van der Waals surface area (Å²) < 4.78 is 50.9. The van der Waals surface area contributed by atoms with Crippen LogP contribution in [-0.4, -0.2) is 55.8 Å². The highest BCUT2D eigenvalue weighted by molar-refractivity contribution is 7.91. The third kappa shape index (κ3) is 4.84. The van der Waals surface area contributed by atoms with E-state index in [1.165, 1.54) is 42.2 Å². The second-order valence-corrected chi connectivity index (χ2v) is 9.63. The first-order valence-electron chi connectivity index (χ1n) is 9.43. The van der Waals surface area contributed by atoms with Gasteiger partial charge in [-0.3, -0.25) is 9.59 Å². The second kappa shape index (κ2) is 8.51. The van der Waals surface area contributed by atoms with E-state index < -0.39 is 39.3 Å². The van der Waals surface area contributed by atoms with Crippen LogP contribution in [0.5, 0.6) is 0 Å². The zero-order chi connectivity index (χ0) is 22.1. The van der Waals surface area contributed by atoms with E-state index in [4.69, 9.17) is 0 Å². The van der Waals surface area contributed by atoms with Crippen molar-refractivity contribution in [2.75, 3.05) is 24.6 Å². The molecule has 160 valence electrons. The summed E-state index contributed by atoms with van der Waals surface area (Å²) >= 11 is 0. The van der Waals surface area contributed by atoms with Crippen molar-refractivity contribution in [3.63, 3.8) is 0 Å². The highest BCUT2D eigenvalue weighted by Gasteiger charge is 2.28. The summed E-state index contributed by atoms with van der Waals surface area (Å²) in [5.74, 6) is -2.28. The van der Waals surface area contributed by atoms with Gasteiger partial charge in [-0.05, 0) is 49.2 Å². The highest BCUT2D eigenvalue weighted by Crippen LogP contribution is 2.27. The quantitative estimate of drug-likeness (QED) is 0.797. The Balaban J connectivity index is 1.69. The SMILES string of the molecule is Cc1cc(F)ccc1-c1ccc(C(=O)N[C@@H](C)C(=O)N2CCS(=O)(=O)CC2)cc1F. The van der Waals surface area contributed by atoms with Gasteiger partial charge in [0, 0.05) is 24.2 Å². The molecule has 0 bridgehead atoms. The summed E-state index contributed by atoms with van der Waals surface area (Å²) in [5.41, 5.74) is 1.36. The average Bonchev–Trinajstić information content (AvgIpc) is 2.68. The van der Waals surface area contributed by atoms with Gasteiger partial charge in [0.15, 0.2) is 9.84 Å². The molecule has 1 N–H and O–H groups in total. The number of hydrogen-bond donors (Lipinski definition) is 1. The van der Waals surface area contributed by atoms with Gasteiger partial charge in [-0.1, -0.05) is 12.1 Å². The van der Waals surface area contributed by atoms with E-state index in [-0.39, 0.29) is 35.7 Å². The van der Waals surface area contributed by atoms with Gasteiger partial charge in [-0.15, -0.1) is 0 Å². The van der Waals surface area contributed by atoms with Crippen LogP contribution in [0.4, 0.5) is 8.78 Å². The number of aryl methyl sites for hydroxylation is 1. The molecule has 30 heavy (non-hydrogen) atoms.